The maximum Gasteiger partial charge on any atom is 0.309 e. The molecule has 0 aliphatic carbocycles. The van der Waals surface area contributed by atoms with E-state index in [0.717, 1.165) is 6.07 Å². The number of ether oxygens (including phenoxy) is 1. The van der Waals surface area contributed by atoms with Crippen molar-refractivity contribution in [1.82, 2.24) is 4.90 Å². The number of carbonyl (C=O) groups excluding carboxylic acids is 2. The molecule has 0 aromatic heterocycles. The number of phenolic OH excluding ortho intramolecular Hbond substituents is 2. The van der Waals surface area contributed by atoms with Crippen LogP contribution in [0.5, 0.6) is 11.5 Å². The van der Waals surface area contributed by atoms with Crippen molar-refractivity contribution >= 4 is 11.9 Å². The van der Waals surface area contributed by atoms with Gasteiger partial charge in [0.15, 0.2) is 0 Å². The number of hydrogen-bond donors (Lipinski definition) is 2. The molecule has 1 aliphatic rings. The first-order valence-corrected chi connectivity index (χ1v) is 7.00. The van der Waals surface area contributed by atoms with Crippen molar-refractivity contribution in [1.29, 1.82) is 0 Å². The minimum Gasteiger partial charge on any atom is -0.508 e. The number of amides is 1. The summed E-state index contributed by atoms with van der Waals surface area (Å²) < 4.78 is 4.98. The smallest absolute Gasteiger partial charge is 0.309 e. The Kier molecular flexibility index (Phi) is 4.67. The summed E-state index contributed by atoms with van der Waals surface area (Å²) in [5.41, 5.74) is 0.155. The lowest BCUT2D eigenvalue weighted by atomic mass is 9.96. The van der Waals surface area contributed by atoms with Gasteiger partial charge in [-0.2, -0.15) is 0 Å². The first kappa shape index (κ1) is 15.2. The molecule has 2 rings (SSSR count). The molecule has 1 heterocycles. The van der Waals surface area contributed by atoms with Crippen LogP contribution >= 0.6 is 0 Å². The molecule has 1 aromatic rings. The third-order valence-electron chi connectivity index (χ3n) is 3.61. The van der Waals surface area contributed by atoms with Crippen LogP contribution in [-0.2, 0) is 9.53 Å². The number of rotatable bonds is 3. The van der Waals surface area contributed by atoms with Gasteiger partial charge >= 0.3 is 5.97 Å². The molecule has 1 amide bonds. The van der Waals surface area contributed by atoms with Crippen molar-refractivity contribution in [2.24, 2.45) is 5.92 Å². The Balaban J connectivity index is 1.98. The van der Waals surface area contributed by atoms with Gasteiger partial charge in [0.2, 0.25) is 0 Å². The number of hydrogen-bond acceptors (Lipinski definition) is 5. The highest BCUT2D eigenvalue weighted by atomic mass is 16.5. The molecule has 0 radical (unpaired) electrons. The number of benzene rings is 1. The highest BCUT2D eigenvalue weighted by Crippen LogP contribution is 2.26. The number of phenols is 2. The molecule has 21 heavy (non-hydrogen) atoms. The average molecular weight is 293 g/mol. The topological polar surface area (TPSA) is 87.1 Å². The fourth-order valence-electron chi connectivity index (χ4n) is 2.45. The number of esters is 1. The van der Waals surface area contributed by atoms with E-state index >= 15 is 0 Å². The van der Waals surface area contributed by atoms with Crippen LogP contribution in [0.2, 0.25) is 0 Å². The van der Waals surface area contributed by atoms with Gasteiger partial charge in [-0.25, -0.2) is 0 Å². The summed E-state index contributed by atoms with van der Waals surface area (Å²) in [6.45, 7) is 3.02. The van der Waals surface area contributed by atoms with Crippen LogP contribution in [0.1, 0.15) is 30.1 Å². The first-order chi connectivity index (χ1) is 10.0. The summed E-state index contributed by atoms with van der Waals surface area (Å²) in [6, 6.07) is 3.89. The molecule has 1 aromatic carbocycles. The van der Waals surface area contributed by atoms with Crippen molar-refractivity contribution in [2.75, 3.05) is 19.7 Å². The van der Waals surface area contributed by atoms with E-state index in [1.807, 2.05) is 0 Å². The zero-order chi connectivity index (χ0) is 15.4. The van der Waals surface area contributed by atoms with Gasteiger partial charge in [0.05, 0.1) is 18.1 Å². The van der Waals surface area contributed by atoms with Crippen LogP contribution in [0.25, 0.3) is 0 Å². The lowest BCUT2D eigenvalue weighted by Crippen LogP contribution is -2.40. The van der Waals surface area contributed by atoms with Crippen molar-refractivity contribution in [2.45, 2.75) is 19.8 Å². The van der Waals surface area contributed by atoms with E-state index in [-0.39, 0.29) is 34.9 Å². The summed E-state index contributed by atoms with van der Waals surface area (Å²) in [6.07, 6.45) is 1.12. The van der Waals surface area contributed by atoms with Crippen LogP contribution in [0.3, 0.4) is 0 Å². The second kappa shape index (κ2) is 6.47. The zero-order valence-electron chi connectivity index (χ0n) is 11.9. The van der Waals surface area contributed by atoms with Crippen LogP contribution in [0.15, 0.2) is 18.2 Å². The molecule has 0 spiro atoms. The Morgan fingerprint density at radius 2 is 1.95 bits per heavy atom. The third-order valence-corrected chi connectivity index (χ3v) is 3.61. The minimum atomic E-state index is -0.296. The summed E-state index contributed by atoms with van der Waals surface area (Å²) in [4.78, 5) is 25.5. The van der Waals surface area contributed by atoms with Crippen molar-refractivity contribution in [3.63, 3.8) is 0 Å². The predicted octanol–water partition coefficient (Wildman–Crippen LogP) is 1.51. The molecule has 2 N–H and O–H groups in total. The van der Waals surface area contributed by atoms with Crippen LogP contribution < -0.4 is 0 Å². The summed E-state index contributed by atoms with van der Waals surface area (Å²) >= 11 is 0. The number of nitrogens with zero attached hydrogens (tertiary/aromatic N) is 1. The molecule has 6 heteroatoms. The van der Waals surface area contributed by atoms with E-state index < -0.39 is 0 Å². The monoisotopic (exact) mass is 293 g/mol. The molecule has 1 aliphatic heterocycles. The van der Waals surface area contributed by atoms with Gasteiger partial charge in [-0.3, -0.25) is 9.59 Å². The highest BCUT2D eigenvalue weighted by Gasteiger charge is 2.29. The molecule has 6 nitrogen and oxygen atoms in total. The van der Waals surface area contributed by atoms with Gasteiger partial charge < -0.3 is 19.8 Å². The average Bonchev–Trinajstić information content (AvgIpc) is 2.47. The maximum atomic E-state index is 12.3. The van der Waals surface area contributed by atoms with Crippen molar-refractivity contribution in [3.8, 4) is 11.5 Å². The van der Waals surface area contributed by atoms with Crippen molar-refractivity contribution in [3.05, 3.63) is 23.8 Å². The van der Waals surface area contributed by atoms with Crippen LogP contribution in [0, 0.1) is 5.92 Å². The molecule has 0 saturated carbocycles. The van der Waals surface area contributed by atoms with Gasteiger partial charge in [-0.05, 0) is 31.9 Å². The third kappa shape index (κ3) is 3.45. The molecule has 0 unspecified atom stereocenters. The lowest BCUT2D eigenvalue weighted by Gasteiger charge is -2.31. The molecule has 0 bridgehead atoms. The Bertz CT molecular complexity index is 535. The Morgan fingerprint density at radius 1 is 1.29 bits per heavy atom. The van der Waals surface area contributed by atoms with E-state index in [1.165, 1.54) is 12.1 Å². The molecule has 1 fully saturated rings. The molecular weight excluding hydrogens is 274 g/mol. The number of carbonyl (C=O) groups is 2. The number of piperidine rings is 1. The normalized spacial score (nSPS) is 15.8. The lowest BCUT2D eigenvalue weighted by molar-refractivity contribution is -0.149. The Morgan fingerprint density at radius 3 is 2.52 bits per heavy atom. The van der Waals surface area contributed by atoms with Crippen LogP contribution in [0.4, 0.5) is 0 Å². The zero-order valence-corrected chi connectivity index (χ0v) is 11.9. The molecule has 1 saturated heterocycles. The fraction of sp³-hybridized carbons (Fsp3) is 0.467. The Hall–Kier alpha value is -2.24. The van der Waals surface area contributed by atoms with Gasteiger partial charge in [0.1, 0.15) is 11.5 Å². The van der Waals surface area contributed by atoms with E-state index in [9.17, 15) is 19.8 Å². The largest absolute Gasteiger partial charge is 0.508 e. The van der Waals surface area contributed by atoms with Crippen molar-refractivity contribution < 1.29 is 24.5 Å². The number of likely N-dealkylation sites (tertiary alicyclic amines) is 1. The number of aromatic hydroxyl groups is 2. The highest BCUT2D eigenvalue weighted by molar-refractivity contribution is 5.97. The van der Waals surface area contributed by atoms with Gasteiger partial charge in [0, 0.05) is 19.2 Å². The quantitative estimate of drug-likeness (QED) is 0.825. The van der Waals surface area contributed by atoms with Crippen LogP contribution in [-0.4, -0.2) is 46.7 Å². The summed E-state index contributed by atoms with van der Waals surface area (Å²) in [7, 11) is 0. The molecular formula is C15H19NO5. The van der Waals surface area contributed by atoms with E-state index in [4.69, 9.17) is 4.74 Å². The molecule has 114 valence electrons. The second-order valence-electron chi connectivity index (χ2n) is 5.02. The molecule has 0 atom stereocenters. The van der Waals surface area contributed by atoms with E-state index in [0.29, 0.717) is 32.5 Å². The van der Waals surface area contributed by atoms with Gasteiger partial charge in [-0.15, -0.1) is 0 Å². The second-order valence-corrected chi connectivity index (χ2v) is 5.02. The summed E-state index contributed by atoms with van der Waals surface area (Å²) in [5, 5.41) is 19.0. The van der Waals surface area contributed by atoms with E-state index in [2.05, 4.69) is 0 Å². The SMILES string of the molecule is CCOC(=O)C1CCN(C(=O)c2ccc(O)cc2O)CC1. The maximum absolute atomic E-state index is 12.3. The minimum absolute atomic E-state index is 0.0925. The van der Waals surface area contributed by atoms with Gasteiger partial charge in [-0.1, -0.05) is 0 Å². The van der Waals surface area contributed by atoms with Gasteiger partial charge in [0.25, 0.3) is 5.91 Å². The fourth-order valence-corrected chi connectivity index (χ4v) is 2.45. The standard InChI is InChI=1S/C15H19NO5/c1-2-21-15(20)10-5-7-16(8-6-10)14(19)12-4-3-11(17)9-13(12)18/h3-4,9-10,17-18H,2,5-8H2,1H3. The first-order valence-electron chi connectivity index (χ1n) is 7.00. The summed E-state index contributed by atoms with van der Waals surface area (Å²) in [5.74, 6) is -1.01. The van der Waals surface area contributed by atoms with E-state index in [1.54, 1.807) is 11.8 Å². The predicted molar refractivity (Wildman–Crippen MR) is 75.0 cm³/mol. The Labute approximate surface area is 122 Å².